The van der Waals surface area contributed by atoms with Crippen LogP contribution in [-0.2, 0) is 16.0 Å². The highest BCUT2D eigenvalue weighted by Crippen LogP contribution is 2.76. The van der Waals surface area contributed by atoms with Crippen molar-refractivity contribution in [2.75, 3.05) is 13.7 Å². The van der Waals surface area contributed by atoms with Gasteiger partial charge in [-0.25, -0.2) is 0 Å². The molecule has 0 radical (unpaired) electrons. The molecule has 0 aliphatic heterocycles. The van der Waals surface area contributed by atoms with E-state index in [1.54, 1.807) is 0 Å². The van der Waals surface area contributed by atoms with Crippen molar-refractivity contribution < 1.29 is 19.7 Å². The Morgan fingerprint density at radius 3 is 2.47 bits per heavy atom. The van der Waals surface area contributed by atoms with Crippen LogP contribution < -0.4 is 0 Å². The molecule has 30 heavy (non-hydrogen) atoms. The maximum atomic E-state index is 14.1. The first-order valence-corrected chi connectivity index (χ1v) is 11.5. The molecule has 1 aromatic carbocycles. The summed E-state index contributed by atoms with van der Waals surface area (Å²) in [4.78, 5) is 14.1. The summed E-state index contributed by atoms with van der Waals surface area (Å²) in [5.41, 5.74) is 0.466. The highest BCUT2D eigenvalue weighted by Gasteiger charge is 2.81. The molecular weight excluding hydrogens is 376 g/mol. The fourth-order valence-electron chi connectivity index (χ4n) is 7.43. The lowest BCUT2D eigenvalue weighted by atomic mass is 9.50. The van der Waals surface area contributed by atoms with Crippen LogP contribution in [0.4, 0.5) is 0 Å². The number of carbonyl (C=O) groups excluding carboxylic acids is 1. The molecule has 0 amide bonds. The van der Waals surface area contributed by atoms with Crippen molar-refractivity contribution in [3.05, 3.63) is 48.0 Å². The maximum Gasteiger partial charge on any atom is 0.185 e. The van der Waals surface area contributed by atoms with Crippen molar-refractivity contribution in [3.63, 3.8) is 0 Å². The van der Waals surface area contributed by atoms with E-state index in [-0.39, 0.29) is 18.3 Å². The highest BCUT2D eigenvalue weighted by molar-refractivity contribution is 5.90. The first kappa shape index (κ1) is 21.7. The van der Waals surface area contributed by atoms with Crippen LogP contribution in [0.25, 0.3) is 0 Å². The van der Waals surface area contributed by atoms with E-state index < -0.39 is 22.5 Å². The average molecular weight is 413 g/mol. The van der Waals surface area contributed by atoms with E-state index in [9.17, 15) is 15.0 Å². The molecule has 4 nitrogen and oxygen atoms in total. The first-order valence-electron chi connectivity index (χ1n) is 11.5. The summed E-state index contributed by atoms with van der Waals surface area (Å²) in [6.45, 7) is 6.54. The quantitative estimate of drug-likeness (QED) is 0.518. The molecule has 3 saturated carbocycles. The monoisotopic (exact) mass is 412 g/mol. The number of carbonyl (C=O) groups is 1. The number of rotatable bonds is 7. The van der Waals surface area contributed by atoms with Crippen molar-refractivity contribution in [2.45, 2.75) is 64.1 Å². The summed E-state index contributed by atoms with van der Waals surface area (Å²) in [6.07, 6.45) is 7.12. The molecule has 2 bridgehead atoms. The van der Waals surface area contributed by atoms with Crippen LogP contribution in [0.3, 0.4) is 0 Å². The van der Waals surface area contributed by atoms with Crippen LogP contribution in [0.2, 0.25) is 0 Å². The Kier molecular flexibility index (Phi) is 5.71. The minimum atomic E-state index is -1.60. The molecule has 4 rings (SSSR count). The zero-order chi connectivity index (χ0) is 21.6. The molecule has 3 aliphatic carbocycles. The van der Waals surface area contributed by atoms with Gasteiger partial charge >= 0.3 is 0 Å². The van der Waals surface area contributed by atoms with Gasteiger partial charge in [-0.15, -0.1) is 0 Å². The number of aliphatic hydroxyl groups excluding tert-OH is 1. The lowest BCUT2D eigenvalue weighted by molar-refractivity contribution is -0.259. The summed E-state index contributed by atoms with van der Waals surface area (Å²) in [5, 5.41) is 22.0. The summed E-state index contributed by atoms with van der Waals surface area (Å²) in [6, 6.07) is 10.0. The Balaban J connectivity index is 1.77. The van der Waals surface area contributed by atoms with Gasteiger partial charge in [-0.3, -0.25) is 4.79 Å². The average Bonchev–Trinajstić information content (AvgIpc) is 3.14. The number of benzene rings is 1. The second-order valence-corrected chi connectivity index (χ2v) is 9.90. The topological polar surface area (TPSA) is 66.8 Å². The lowest BCUT2D eigenvalue weighted by Crippen LogP contribution is -2.58. The van der Waals surface area contributed by atoms with Crippen LogP contribution in [0.1, 0.15) is 57.4 Å². The summed E-state index contributed by atoms with van der Waals surface area (Å²) in [7, 11) is 1.51. The minimum Gasteiger partial charge on any atom is -0.396 e. The SMILES string of the molecule is C=C1[C@@H]2[C@@H](CO)C[C@](C(=O)CCc3ccccc3)([C@@]2(O)OC)[C@@]1(C)C1CCCCC1. The van der Waals surface area contributed by atoms with E-state index >= 15 is 0 Å². The van der Waals surface area contributed by atoms with E-state index in [0.29, 0.717) is 25.2 Å². The van der Waals surface area contributed by atoms with Gasteiger partial charge in [0.1, 0.15) is 5.78 Å². The maximum absolute atomic E-state index is 14.1. The molecule has 3 aliphatic rings. The smallest absolute Gasteiger partial charge is 0.185 e. The first-order chi connectivity index (χ1) is 14.4. The Bertz CT molecular complexity index is 799. The Labute approximate surface area is 180 Å². The number of fused-ring (bicyclic) bond motifs is 2. The van der Waals surface area contributed by atoms with Gasteiger partial charge in [0.15, 0.2) is 5.79 Å². The van der Waals surface area contributed by atoms with Gasteiger partial charge in [0, 0.05) is 31.5 Å². The lowest BCUT2D eigenvalue weighted by Gasteiger charge is -2.53. The molecule has 0 heterocycles. The highest BCUT2D eigenvalue weighted by atomic mass is 16.6. The third kappa shape index (κ3) is 2.73. The summed E-state index contributed by atoms with van der Waals surface area (Å²) >= 11 is 0. The van der Waals surface area contributed by atoms with E-state index in [1.807, 2.05) is 30.3 Å². The fourth-order valence-corrected chi connectivity index (χ4v) is 7.43. The molecule has 164 valence electrons. The van der Waals surface area contributed by atoms with Crippen molar-refractivity contribution in [2.24, 2.45) is 28.6 Å². The number of Topliss-reactive ketones (excluding diaryl/α,β-unsaturated/α-hetero) is 1. The van der Waals surface area contributed by atoms with Crippen molar-refractivity contribution in [1.82, 2.24) is 0 Å². The Hall–Kier alpha value is -1.49. The standard InChI is InChI=1S/C26H36O4/c1-18-23-20(17-27)16-25(26(23,29)30-3,24(18,2)21-12-8-5-9-13-21)22(28)15-14-19-10-6-4-7-11-19/h4,6-7,10-11,20-21,23,27,29H,1,5,8-9,12-17H2,2-3H3/t20-,23-,24-,25-,26+/m1/s1. The molecule has 0 spiro atoms. The molecular formula is C26H36O4. The molecule has 0 unspecified atom stereocenters. The number of aliphatic hydroxyl groups is 2. The van der Waals surface area contributed by atoms with Crippen LogP contribution in [-0.4, -0.2) is 35.5 Å². The number of ketones is 1. The molecule has 0 aromatic heterocycles. The molecule has 2 N–H and O–H groups in total. The van der Waals surface area contributed by atoms with Crippen LogP contribution in [0.15, 0.2) is 42.5 Å². The van der Waals surface area contributed by atoms with Crippen LogP contribution >= 0.6 is 0 Å². The molecule has 0 saturated heterocycles. The second-order valence-electron chi connectivity index (χ2n) is 9.90. The van der Waals surface area contributed by atoms with Crippen LogP contribution in [0, 0.1) is 28.6 Å². The zero-order valence-corrected chi connectivity index (χ0v) is 18.4. The van der Waals surface area contributed by atoms with Gasteiger partial charge in [-0.2, -0.15) is 0 Å². The Morgan fingerprint density at radius 1 is 1.20 bits per heavy atom. The summed E-state index contributed by atoms with van der Waals surface area (Å²) < 4.78 is 5.81. The van der Waals surface area contributed by atoms with Gasteiger partial charge in [-0.05, 0) is 43.1 Å². The normalized spacial score (nSPS) is 38.9. The predicted octanol–water partition coefficient (Wildman–Crippen LogP) is 4.29. The molecule has 3 fully saturated rings. The van der Waals surface area contributed by atoms with E-state index in [2.05, 4.69) is 13.5 Å². The van der Waals surface area contributed by atoms with Gasteiger partial charge in [-0.1, -0.05) is 68.7 Å². The van der Waals surface area contributed by atoms with E-state index in [1.165, 1.54) is 13.5 Å². The molecule has 1 aromatic rings. The predicted molar refractivity (Wildman–Crippen MR) is 117 cm³/mol. The van der Waals surface area contributed by atoms with Crippen molar-refractivity contribution in [3.8, 4) is 0 Å². The number of ether oxygens (including phenoxy) is 1. The van der Waals surface area contributed by atoms with E-state index in [0.717, 1.165) is 36.8 Å². The van der Waals surface area contributed by atoms with Gasteiger partial charge in [0.2, 0.25) is 0 Å². The number of hydrogen-bond donors (Lipinski definition) is 2. The minimum absolute atomic E-state index is 0.0587. The number of aryl methyl sites for hydroxylation is 1. The fraction of sp³-hybridized carbons (Fsp3) is 0.654. The second kappa shape index (κ2) is 7.89. The summed E-state index contributed by atoms with van der Waals surface area (Å²) in [5.74, 6) is -1.83. The number of hydrogen-bond acceptors (Lipinski definition) is 4. The third-order valence-electron chi connectivity index (χ3n) is 8.93. The van der Waals surface area contributed by atoms with Gasteiger partial charge in [0.05, 0.1) is 5.41 Å². The Morgan fingerprint density at radius 2 is 1.87 bits per heavy atom. The van der Waals surface area contributed by atoms with Gasteiger partial charge < -0.3 is 14.9 Å². The van der Waals surface area contributed by atoms with Gasteiger partial charge in [0.25, 0.3) is 0 Å². The van der Waals surface area contributed by atoms with Crippen molar-refractivity contribution >= 4 is 5.78 Å². The molecule has 5 atom stereocenters. The van der Waals surface area contributed by atoms with Crippen molar-refractivity contribution in [1.29, 1.82) is 0 Å². The van der Waals surface area contributed by atoms with E-state index in [4.69, 9.17) is 4.74 Å². The molecule has 4 heteroatoms. The third-order valence-corrected chi connectivity index (χ3v) is 8.93. The largest absolute Gasteiger partial charge is 0.396 e. The zero-order valence-electron chi connectivity index (χ0n) is 18.4. The number of methoxy groups -OCH3 is 1. The van der Waals surface area contributed by atoms with Crippen LogP contribution in [0.5, 0.6) is 0 Å².